The van der Waals surface area contributed by atoms with Crippen LogP contribution in [-0.2, 0) is 22.0 Å². The number of hydrogen-bond donors (Lipinski definition) is 1. The van der Waals surface area contributed by atoms with Gasteiger partial charge in [0, 0.05) is 17.4 Å². The van der Waals surface area contributed by atoms with Crippen molar-refractivity contribution < 1.29 is 9.90 Å². The van der Waals surface area contributed by atoms with Crippen molar-refractivity contribution in [3.8, 4) is 0 Å². The summed E-state index contributed by atoms with van der Waals surface area (Å²) in [4.78, 5) is 12.9. The molecular formula is C32H50O2. The molecule has 34 heavy (non-hydrogen) atoms. The molecule has 0 amide bonds. The average Bonchev–Trinajstić information content (AvgIpc) is 3.26. The number of fused-ring (bicyclic) bond motifs is 2. The van der Waals surface area contributed by atoms with E-state index < -0.39 is 5.41 Å². The molecule has 0 aliphatic heterocycles. The van der Waals surface area contributed by atoms with Crippen LogP contribution in [0.15, 0.2) is 18.2 Å². The molecule has 1 aromatic carbocycles. The van der Waals surface area contributed by atoms with E-state index in [0.29, 0.717) is 11.3 Å². The highest BCUT2D eigenvalue weighted by atomic mass is 16.3. The quantitative estimate of drug-likeness (QED) is 0.419. The van der Waals surface area contributed by atoms with Gasteiger partial charge in [0.1, 0.15) is 6.29 Å². The largest absolute Gasteiger partial charge is 0.396 e. The van der Waals surface area contributed by atoms with Crippen LogP contribution in [0.2, 0.25) is 0 Å². The molecule has 3 aliphatic carbocycles. The zero-order chi connectivity index (χ0) is 25.2. The molecule has 0 bridgehead atoms. The lowest BCUT2D eigenvalue weighted by molar-refractivity contribution is -0.123. The summed E-state index contributed by atoms with van der Waals surface area (Å²) in [5.74, 6) is 2.02. The number of aliphatic hydroxyl groups excluding tert-OH is 1. The molecule has 0 radical (unpaired) electrons. The minimum atomic E-state index is -0.517. The van der Waals surface area contributed by atoms with Crippen LogP contribution in [-0.4, -0.2) is 18.0 Å². The fourth-order valence-electron chi connectivity index (χ4n) is 8.53. The van der Waals surface area contributed by atoms with E-state index in [1.807, 2.05) is 0 Å². The maximum atomic E-state index is 12.9. The van der Waals surface area contributed by atoms with E-state index in [0.717, 1.165) is 24.7 Å². The van der Waals surface area contributed by atoms with Gasteiger partial charge in [0.15, 0.2) is 0 Å². The van der Waals surface area contributed by atoms with Crippen LogP contribution in [0.4, 0.5) is 0 Å². The van der Waals surface area contributed by atoms with Gasteiger partial charge >= 0.3 is 0 Å². The Hall–Kier alpha value is -1.15. The molecule has 190 valence electrons. The minimum Gasteiger partial charge on any atom is -0.396 e. The summed E-state index contributed by atoms with van der Waals surface area (Å²) in [6.45, 7) is 18.6. The molecule has 2 fully saturated rings. The predicted octanol–water partition coefficient (Wildman–Crippen LogP) is 7.63. The van der Waals surface area contributed by atoms with E-state index in [2.05, 4.69) is 73.6 Å². The van der Waals surface area contributed by atoms with Crippen molar-refractivity contribution in [3.63, 3.8) is 0 Å². The Morgan fingerprint density at radius 3 is 2.38 bits per heavy atom. The molecule has 0 heterocycles. The molecule has 1 aromatic rings. The molecular weight excluding hydrogens is 416 g/mol. The number of carbonyl (C=O) groups is 1. The van der Waals surface area contributed by atoms with Crippen LogP contribution < -0.4 is 0 Å². The van der Waals surface area contributed by atoms with Crippen molar-refractivity contribution in [2.45, 2.75) is 118 Å². The van der Waals surface area contributed by atoms with E-state index >= 15 is 0 Å². The van der Waals surface area contributed by atoms with Crippen LogP contribution in [0.3, 0.4) is 0 Å². The lowest BCUT2D eigenvalue weighted by atomic mass is 9.47. The Labute approximate surface area is 209 Å². The molecule has 0 saturated heterocycles. The van der Waals surface area contributed by atoms with Crippen LogP contribution in [0.5, 0.6) is 0 Å². The van der Waals surface area contributed by atoms with Crippen molar-refractivity contribution in [2.75, 3.05) is 6.61 Å². The van der Waals surface area contributed by atoms with Crippen LogP contribution >= 0.6 is 0 Å². The zero-order valence-electron chi connectivity index (χ0n) is 23.3. The number of rotatable bonds is 7. The van der Waals surface area contributed by atoms with Crippen molar-refractivity contribution >= 4 is 6.29 Å². The van der Waals surface area contributed by atoms with Crippen LogP contribution in [0.25, 0.3) is 0 Å². The molecule has 4 rings (SSSR count). The van der Waals surface area contributed by atoms with E-state index in [9.17, 15) is 9.90 Å². The van der Waals surface area contributed by atoms with Gasteiger partial charge < -0.3 is 9.90 Å². The molecule has 1 N–H and O–H groups in total. The maximum absolute atomic E-state index is 12.9. The second-order valence-electron chi connectivity index (χ2n) is 15.0. The second kappa shape index (κ2) is 8.46. The first-order chi connectivity index (χ1) is 15.7. The van der Waals surface area contributed by atoms with Crippen molar-refractivity contribution in [3.05, 3.63) is 34.9 Å². The van der Waals surface area contributed by atoms with Gasteiger partial charge in [-0.15, -0.1) is 0 Å². The topological polar surface area (TPSA) is 37.3 Å². The van der Waals surface area contributed by atoms with Crippen molar-refractivity contribution in [1.82, 2.24) is 0 Å². The van der Waals surface area contributed by atoms with Gasteiger partial charge in [0.2, 0.25) is 0 Å². The predicted molar refractivity (Wildman–Crippen MR) is 142 cm³/mol. The maximum Gasteiger partial charge on any atom is 0.126 e. The molecule has 3 aliphatic rings. The first-order valence-electron chi connectivity index (χ1n) is 13.9. The normalized spacial score (nSPS) is 29.9. The van der Waals surface area contributed by atoms with E-state index in [1.165, 1.54) is 61.5 Å². The summed E-state index contributed by atoms with van der Waals surface area (Å²) < 4.78 is 0. The highest BCUT2D eigenvalue weighted by molar-refractivity contribution is 5.63. The van der Waals surface area contributed by atoms with E-state index in [1.54, 1.807) is 0 Å². The second-order valence-corrected chi connectivity index (χ2v) is 15.0. The number of aldehydes is 1. The first kappa shape index (κ1) is 25.9. The number of aryl methyl sites for hydroxylation is 1. The Balaban J connectivity index is 1.91. The average molecular weight is 467 g/mol. The minimum absolute atomic E-state index is 0.143. The molecule has 2 saturated carbocycles. The summed E-state index contributed by atoms with van der Waals surface area (Å²) in [5, 5.41) is 10.4. The Kier molecular flexibility index (Phi) is 6.45. The first-order valence-corrected chi connectivity index (χ1v) is 13.9. The van der Waals surface area contributed by atoms with Gasteiger partial charge in [-0.05, 0) is 102 Å². The third-order valence-electron chi connectivity index (χ3n) is 10.9. The zero-order valence-corrected chi connectivity index (χ0v) is 23.3. The monoisotopic (exact) mass is 466 g/mol. The third-order valence-corrected chi connectivity index (χ3v) is 10.9. The summed E-state index contributed by atoms with van der Waals surface area (Å²) >= 11 is 0. The molecule has 4 unspecified atom stereocenters. The van der Waals surface area contributed by atoms with Gasteiger partial charge in [-0.2, -0.15) is 0 Å². The number of benzene rings is 1. The Morgan fingerprint density at radius 2 is 1.74 bits per heavy atom. The fourth-order valence-corrected chi connectivity index (χ4v) is 8.53. The van der Waals surface area contributed by atoms with Crippen LogP contribution in [0.1, 0.15) is 117 Å². The highest BCUT2D eigenvalue weighted by Crippen LogP contribution is 2.62. The third kappa shape index (κ3) is 4.10. The lowest BCUT2D eigenvalue weighted by Gasteiger charge is -2.56. The molecule has 2 heteroatoms. The summed E-state index contributed by atoms with van der Waals surface area (Å²) in [6.07, 6.45) is 10.8. The molecule has 2 nitrogen and oxygen atoms in total. The molecule has 0 aromatic heterocycles. The summed E-state index contributed by atoms with van der Waals surface area (Å²) in [7, 11) is 0. The van der Waals surface area contributed by atoms with Crippen molar-refractivity contribution in [2.24, 2.45) is 34.0 Å². The van der Waals surface area contributed by atoms with Gasteiger partial charge in [0.05, 0.1) is 0 Å². The molecule has 4 atom stereocenters. The van der Waals surface area contributed by atoms with E-state index in [4.69, 9.17) is 0 Å². The van der Waals surface area contributed by atoms with Crippen molar-refractivity contribution in [1.29, 1.82) is 0 Å². The smallest absolute Gasteiger partial charge is 0.126 e. The SMILES string of the molecule is CC(C)(CO)CC(c1ccc2c(c1)C(C)(C)CC2)(C1CCC2CCC(C)(C)C2C1)C(C)(C)C=O. The van der Waals surface area contributed by atoms with E-state index in [-0.39, 0.29) is 22.9 Å². The van der Waals surface area contributed by atoms with Gasteiger partial charge in [0.25, 0.3) is 0 Å². The lowest BCUT2D eigenvalue weighted by Crippen LogP contribution is -2.54. The number of carbonyl (C=O) groups excluding carboxylic acids is 1. The fraction of sp³-hybridized carbons (Fsp3) is 0.781. The standard InChI is InChI=1S/C32H50O2/c1-28(2,20-33)19-32(31(7,8)21-34,24-11-9-22-13-15-29(3,4)26(22)17-24)25-12-10-23-14-16-30(5,6)27(23)18-25/h9,11,17,21,23,25,27,33H,10,12-16,18-20H2,1-8H3. The van der Waals surface area contributed by atoms with Gasteiger partial charge in [-0.1, -0.05) is 73.6 Å². The summed E-state index contributed by atoms with van der Waals surface area (Å²) in [5.41, 5.74) is 3.80. The number of aliphatic hydroxyl groups is 1. The Morgan fingerprint density at radius 1 is 1.03 bits per heavy atom. The van der Waals surface area contributed by atoms with Crippen LogP contribution in [0, 0.1) is 34.0 Å². The highest BCUT2D eigenvalue weighted by Gasteiger charge is 2.57. The summed E-state index contributed by atoms with van der Waals surface area (Å²) in [6, 6.07) is 7.23. The Bertz CT molecular complexity index is 921. The van der Waals surface area contributed by atoms with Gasteiger partial charge in [-0.3, -0.25) is 0 Å². The molecule has 0 spiro atoms. The van der Waals surface area contributed by atoms with Gasteiger partial charge in [-0.25, -0.2) is 0 Å². The number of hydrogen-bond acceptors (Lipinski definition) is 2.